The van der Waals surface area contributed by atoms with E-state index in [-0.39, 0.29) is 0 Å². The average Bonchev–Trinajstić information content (AvgIpc) is 2.70. The summed E-state index contributed by atoms with van der Waals surface area (Å²) in [5.74, 6) is 4.93. The lowest BCUT2D eigenvalue weighted by atomic mass is 10.9. The summed E-state index contributed by atoms with van der Waals surface area (Å²) in [7, 11) is 0. The topological polar surface area (TPSA) is 103 Å². The third-order valence-corrected chi connectivity index (χ3v) is 11.1. The van der Waals surface area contributed by atoms with Gasteiger partial charge in [-0.05, 0) is 68.6 Å². The first-order valence-electron chi connectivity index (χ1n) is 10.3. The molecule has 0 fully saturated rings. The number of thioether (sulfide) groups is 2. The first-order chi connectivity index (χ1) is 15.1. The van der Waals surface area contributed by atoms with Crippen LogP contribution in [0.4, 0.5) is 0 Å². The molecule has 0 aliphatic carbocycles. The maximum atomic E-state index is 11.9. The summed E-state index contributed by atoms with van der Waals surface area (Å²) in [6.07, 6.45) is 1.08. The molecule has 32 heavy (non-hydrogen) atoms. The van der Waals surface area contributed by atoms with Gasteiger partial charge in [0, 0.05) is 17.3 Å². The van der Waals surface area contributed by atoms with E-state index in [4.69, 9.17) is 43.2 Å². The van der Waals surface area contributed by atoms with Gasteiger partial charge in [0.05, 0.1) is 33.0 Å². The van der Waals surface area contributed by atoms with Crippen LogP contribution in [0.3, 0.4) is 0 Å². The van der Waals surface area contributed by atoms with Gasteiger partial charge in [0.25, 0.3) is 0 Å². The zero-order valence-corrected chi connectivity index (χ0v) is 26.1. The van der Waals surface area contributed by atoms with Gasteiger partial charge in [0.2, 0.25) is 0 Å². The van der Waals surface area contributed by atoms with E-state index in [9.17, 15) is 4.57 Å². The molecule has 0 N–H and O–H groups in total. The highest BCUT2D eigenvalue weighted by atomic mass is 32.7. The predicted molar refractivity (Wildman–Crippen MR) is 148 cm³/mol. The standard InChI is InChI=1S/2C8H19O3PS2.CH4O2S/c1-4-10-12(9,11-5-2)14-8-7-13-6-3;1-4-9-12(13,10-5-2)11-7-8-14-6-3;1-4(2)3/h2*4-8H2,1-3H3;1H3,(H,2,3)/p-1. The van der Waals surface area contributed by atoms with Gasteiger partial charge in [0.1, 0.15) is 0 Å². The van der Waals surface area contributed by atoms with E-state index in [1.54, 1.807) is 0 Å². The van der Waals surface area contributed by atoms with Gasteiger partial charge in [-0.2, -0.15) is 23.5 Å². The van der Waals surface area contributed by atoms with Crippen LogP contribution in [0.2, 0.25) is 0 Å². The Balaban J connectivity index is -0.000000450. The Morgan fingerprint density at radius 3 is 1.56 bits per heavy atom. The highest BCUT2D eigenvalue weighted by Crippen LogP contribution is 2.60. The van der Waals surface area contributed by atoms with E-state index in [0.29, 0.717) is 33.0 Å². The van der Waals surface area contributed by atoms with E-state index < -0.39 is 24.6 Å². The van der Waals surface area contributed by atoms with E-state index >= 15 is 0 Å². The summed E-state index contributed by atoms with van der Waals surface area (Å²) in [6.45, 7) is 8.93. The van der Waals surface area contributed by atoms with Crippen LogP contribution in [0, 0.1) is 0 Å². The molecule has 1 unspecified atom stereocenters. The molecule has 0 aliphatic heterocycles. The number of rotatable bonds is 18. The Morgan fingerprint density at radius 1 is 0.781 bits per heavy atom. The molecule has 1 atom stereocenters. The lowest BCUT2D eigenvalue weighted by molar-refractivity contribution is 0.174. The van der Waals surface area contributed by atoms with Crippen molar-refractivity contribution < 1.29 is 35.9 Å². The van der Waals surface area contributed by atoms with Crippen LogP contribution in [-0.2, 0) is 50.1 Å². The van der Waals surface area contributed by atoms with Gasteiger partial charge < -0.3 is 27.2 Å². The van der Waals surface area contributed by atoms with Crippen molar-refractivity contribution in [2.45, 2.75) is 41.5 Å². The first-order valence-corrected chi connectivity index (χ1v) is 19.8. The molecule has 15 heteroatoms. The zero-order chi connectivity index (χ0) is 25.3. The van der Waals surface area contributed by atoms with Crippen molar-refractivity contribution in [1.82, 2.24) is 0 Å². The minimum Gasteiger partial charge on any atom is -0.773 e. The molecule has 198 valence electrons. The van der Waals surface area contributed by atoms with Crippen molar-refractivity contribution in [3.05, 3.63) is 0 Å². The van der Waals surface area contributed by atoms with E-state index in [0.717, 1.165) is 35.0 Å². The fourth-order valence-electron chi connectivity index (χ4n) is 1.56. The van der Waals surface area contributed by atoms with Crippen LogP contribution < -0.4 is 0 Å². The second-order valence-corrected chi connectivity index (χ2v) is 15.8. The molecule has 0 aromatic rings. The second-order valence-electron chi connectivity index (χ2n) is 5.03. The minimum atomic E-state index is -2.86. The normalized spacial score (nSPS) is 12.4. The highest BCUT2D eigenvalue weighted by molar-refractivity contribution is 8.55. The summed E-state index contributed by atoms with van der Waals surface area (Å²) in [5.41, 5.74) is 0. The van der Waals surface area contributed by atoms with Gasteiger partial charge in [0.15, 0.2) is 0 Å². The van der Waals surface area contributed by atoms with Crippen molar-refractivity contribution in [2.75, 3.05) is 68.1 Å². The van der Waals surface area contributed by atoms with Gasteiger partial charge >= 0.3 is 13.5 Å². The van der Waals surface area contributed by atoms with Crippen LogP contribution in [0.5, 0.6) is 0 Å². The van der Waals surface area contributed by atoms with Gasteiger partial charge in [-0.1, -0.05) is 24.9 Å². The maximum Gasteiger partial charge on any atom is 0.389 e. The Labute approximate surface area is 215 Å². The molecule has 0 aromatic heterocycles. The van der Waals surface area contributed by atoms with E-state index in [2.05, 4.69) is 13.8 Å². The zero-order valence-electron chi connectivity index (χ0n) is 20.3. The summed E-state index contributed by atoms with van der Waals surface area (Å²) in [6, 6.07) is 0. The Bertz CT molecular complexity index is 455. The van der Waals surface area contributed by atoms with Crippen LogP contribution in [-0.4, -0.2) is 76.8 Å². The van der Waals surface area contributed by atoms with Crippen molar-refractivity contribution in [3.63, 3.8) is 0 Å². The second kappa shape index (κ2) is 27.4. The highest BCUT2D eigenvalue weighted by Gasteiger charge is 2.23. The number of hydrogen-bond acceptors (Lipinski definition) is 12. The molecule has 0 aliphatic rings. The molecule has 0 aromatic carbocycles. The van der Waals surface area contributed by atoms with Crippen molar-refractivity contribution in [3.8, 4) is 0 Å². The first kappa shape index (κ1) is 38.4. The average molecular weight is 596 g/mol. The molecule has 0 bridgehead atoms. The molecule has 0 radical (unpaired) electrons. The summed E-state index contributed by atoms with van der Waals surface area (Å²) in [5, 5.41) is 0. The van der Waals surface area contributed by atoms with Gasteiger partial charge in [-0.25, -0.2) is 4.57 Å². The lowest BCUT2D eigenvalue weighted by Gasteiger charge is -2.20. The molecule has 0 heterocycles. The van der Waals surface area contributed by atoms with Gasteiger partial charge in [-0.15, -0.1) is 0 Å². The molecule has 0 spiro atoms. The SMILES string of the molecule is CCOP(=O)(OCC)SCCSCC.CCOP(=S)(OCC)OCCSCC.CS(=O)[O-]. The Hall–Kier alpha value is 1.84. The quantitative estimate of drug-likeness (QED) is 0.102. The Kier molecular flexibility index (Phi) is 32.9. The fourth-order valence-corrected chi connectivity index (χ4v) is 8.76. The molecule has 0 saturated carbocycles. The van der Waals surface area contributed by atoms with Crippen molar-refractivity contribution in [2.24, 2.45) is 0 Å². The van der Waals surface area contributed by atoms with Gasteiger partial charge in [-0.3, -0.25) is 4.21 Å². The van der Waals surface area contributed by atoms with Crippen LogP contribution in [0.25, 0.3) is 0 Å². The third kappa shape index (κ3) is 29.9. The maximum absolute atomic E-state index is 11.9. The molecule has 0 rings (SSSR count). The summed E-state index contributed by atoms with van der Waals surface area (Å²) >= 11 is 8.28. The monoisotopic (exact) mass is 595 g/mol. The lowest BCUT2D eigenvalue weighted by Crippen LogP contribution is -2.02. The van der Waals surface area contributed by atoms with Crippen LogP contribution in [0.1, 0.15) is 41.5 Å². The minimum absolute atomic E-state index is 0.436. The molecular weight excluding hydrogens is 554 g/mol. The summed E-state index contributed by atoms with van der Waals surface area (Å²) in [4.78, 5) is 0. The molecule has 8 nitrogen and oxygen atoms in total. The molecular formula is C17H41O8P2S5-. The van der Waals surface area contributed by atoms with E-state index in [1.165, 1.54) is 11.4 Å². The fraction of sp³-hybridized carbons (Fsp3) is 1.00. The Morgan fingerprint density at radius 2 is 1.19 bits per heavy atom. The van der Waals surface area contributed by atoms with Crippen LogP contribution >= 0.6 is 48.4 Å². The van der Waals surface area contributed by atoms with Crippen molar-refractivity contribution in [1.29, 1.82) is 0 Å². The molecule has 0 saturated heterocycles. The predicted octanol–water partition coefficient (Wildman–Crippen LogP) is 6.20. The van der Waals surface area contributed by atoms with Crippen molar-refractivity contribution >= 4 is 71.3 Å². The van der Waals surface area contributed by atoms with E-state index in [1.807, 2.05) is 51.2 Å². The summed E-state index contributed by atoms with van der Waals surface area (Å²) < 4.78 is 56.3. The molecule has 0 amide bonds. The van der Waals surface area contributed by atoms with Crippen LogP contribution in [0.15, 0.2) is 0 Å². The smallest absolute Gasteiger partial charge is 0.389 e. The largest absolute Gasteiger partial charge is 0.773 e. The third-order valence-electron chi connectivity index (χ3n) is 2.51. The number of hydrogen-bond donors (Lipinski definition) is 0.